The van der Waals surface area contributed by atoms with Crippen LogP contribution in [0, 0.1) is 0 Å². The Morgan fingerprint density at radius 3 is 2.33 bits per heavy atom. The lowest BCUT2D eigenvalue weighted by Crippen LogP contribution is -2.53. The van der Waals surface area contributed by atoms with E-state index in [4.69, 9.17) is 27.9 Å². The number of urea groups is 1. The van der Waals surface area contributed by atoms with Crippen LogP contribution in [0.2, 0.25) is 10.0 Å². The number of methoxy groups -OCH3 is 1. The molecule has 12 nitrogen and oxygen atoms in total. The lowest BCUT2D eigenvalue weighted by atomic mass is 10.0. The van der Waals surface area contributed by atoms with Crippen molar-refractivity contribution in [2.24, 2.45) is 0 Å². The van der Waals surface area contributed by atoms with Gasteiger partial charge >= 0.3 is 17.7 Å². The summed E-state index contributed by atoms with van der Waals surface area (Å²) in [5.41, 5.74) is 0.0280. The van der Waals surface area contributed by atoms with Gasteiger partial charge in [-0.05, 0) is 37.1 Å². The molecule has 3 aromatic rings. The minimum Gasteiger partial charge on any atom is -0.467 e. The van der Waals surface area contributed by atoms with Crippen molar-refractivity contribution in [2.75, 3.05) is 25.5 Å². The van der Waals surface area contributed by atoms with Crippen molar-refractivity contribution in [3.63, 3.8) is 0 Å². The second-order valence-electron chi connectivity index (χ2n) is 9.46. The van der Waals surface area contributed by atoms with Crippen LogP contribution in [0.4, 0.5) is 10.6 Å². The number of hydrogen-bond acceptors (Lipinski definition) is 7. The number of rotatable bonds is 8. The van der Waals surface area contributed by atoms with Crippen LogP contribution in [0.25, 0.3) is 0 Å². The molecule has 1 aromatic heterocycles. The quantitative estimate of drug-likeness (QED) is 0.283. The van der Waals surface area contributed by atoms with Crippen LogP contribution < -0.4 is 21.6 Å². The molecular formula is C28H28Cl2N6O6. The van der Waals surface area contributed by atoms with Crippen LogP contribution >= 0.6 is 23.2 Å². The van der Waals surface area contributed by atoms with E-state index in [0.717, 1.165) is 0 Å². The zero-order chi connectivity index (χ0) is 30.2. The van der Waals surface area contributed by atoms with E-state index in [9.17, 15) is 24.0 Å². The Labute approximate surface area is 250 Å². The van der Waals surface area contributed by atoms with Crippen LogP contribution in [0.15, 0.2) is 59.5 Å². The fourth-order valence-corrected chi connectivity index (χ4v) is 5.02. The van der Waals surface area contributed by atoms with Gasteiger partial charge in [0.1, 0.15) is 11.9 Å². The topological polar surface area (TPSA) is 163 Å². The maximum Gasteiger partial charge on any atom is 0.346 e. The number of piperidine rings is 1. The molecule has 1 aliphatic rings. The van der Waals surface area contributed by atoms with Crippen molar-refractivity contribution < 1.29 is 23.9 Å². The van der Waals surface area contributed by atoms with E-state index in [1.165, 1.54) is 30.3 Å². The predicted octanol–water partition coefficient (Wildman–Crippen LogP) is 3.02. The highest BCUT2D eigenvalue weighted by Gasteiger charge is 2.29. The van der Waals surface area contributed by atoms with Crippen LogP contribution in [0.3, 0.4) is 0 Å². The van der Waals surface area contributed by atoms with Gasteiger partial charge < -0.3 is 30.6 Å². The van der Waals surface area contributed by atoms with E-state index >= 15 is 0 Å². The van der Waals surface area contributed by atoms with Gasteiger partial charge in [0.15, 0.2) is 0 Å². The maximum absolute atomic E-state index is 13.1. The Hall–Kier alpha value is -4.42. The molecule has 0 spiro atoms. The standard InChI is InChI=1S/C28H28Cl2N6O6/c1-42-26(39)21(33-28(41)36-12-10-18(11-13-36)32-24(37)16-6-3-2-4-7-16)14-17-15-31-27(40)35-23(17)34-25(38)22-19(29)8-5-9-20(22)30/h2-9,15,18,21H,10-14H2,1H3,(H,32,37)(H,33,41)(H2,31,34,35,38,40). The third kappa shape index (κ3) is 7.65. The molecular weight excluding hydrogens is 587 g/mol. The van der Waals surface area contributed by atoms with Gasteiger partial charge in [-0.1, -0.05) is 47.5 Å². The molecule has 1 atom stereocenters. The number of nitrogens with zero attached hydrogens (tertiary/aromatic N) is 2. The van der Waals surface area contributed by atoms with Crippen molar-refractivity contribution in [3.05, 3.63) is 91.9 Å². The minimum absolute atomic E-state index is 0.0185. The number of likely N-dealkylation sites (tertiary alicyclic amines) is 1. The molecule has 2 heterocycles. The average Bonchev–Trinajstić information content (AvgIpc) is 2.98. The number of carbonyl (C=O) groups is 4. The number of aromatic amines is 1. The maximum atomic E-state index is 13.1. The highest BCUT2D eigenvalue weighted by atomic mass is 35.5. The van der Waals surface area contributed by atoms with Crippen LogP contribution in [0.1, 0.15) is 39.1 Å². The number of esters is 1. The molecule has 1 unspecified atom stereocenters. The van der Waals surface area contributed by atoms with E-state index in [0.29, 0.717) is 31.5 Å². The summed E-state index contributed by atoms with van der Waals surface area (Å²) in [7, 11) is 1.18. The molecule has 4 N–H and O–H groups in total. The Bertz CT molecular complexity index is 1500. The molecule has 4 amide bonds. The summed E-state index contributed by atoms with van der Waals surface area (Å²) in [5.74, 6) is -1.78. The number of hydrogen-bond donors (Lipinski definition) is 4. The minimum atomic E-state index is -1.18. The molecule has 220 valence electrons. The van der Waals surface area contributed by atoms with E-state index in [-0.39, 0.29) is 45.4 Å². The first-order valence-electron chi connectivity index (χ1n) is 13.0. The van der Waals surface area contributed by atoms with Gasteiger partial charge in [-0.15, -0.1) is 0 Å². The van der Waals surface area contributed by atoms with E-state index in [1.54, 1.807) is 30.3 Å². The monoisotopic (exact) mass is 614 g/mol. The molecule has 1 fully saturated rings. The number of nitrogens with one attached hydrogen (secondary N) is 4. The van der Waals surface area contributed by atoms with Gasteiger partial charge in [0, 0.05) is 42.9 Å². The van der Waals surface area contributed by atoms with Gasteiger partial charge in [-0.2, -0.15) is 4.98 Å². The summed E-state index contributed by atoms with van der Waals surface area (Å²) in [4.78, 5) is 70.8. The summed E-state index contributed by atoms with van der Waals surface area (Å²) in [6, 6.07) is 11.6. The van der Waals surface area contributed by atoms with Crippen molar-refractivity contribution in [1.82, 2.24) is 25.5 Å². The Morgan fingerprint density at radius 1 is 1.02 bits per heavy atom. The summed E-state index contributed by atoms with van der Waals surface area (Å²) in [5, 5.41) is 8.34. The van der Waals surface area contributed by atoms with E-state index < -0.39 is 29.6 Å². The molecule has 4 rings (SSSR count). The van der Waals surface area contributed by atoms with Crippen LogP contribution in [0.5, 0.6) is 0 Å². The molecule has 2 aromatic carbocycles. The third-order valence-electron chi connectivity index (χ3n) is 6.67. The average molecular weight is 615 g/mol. The lowest BCUT2D eigenvalue weighted by molar-refractivity contribution is -0.142. The summed E-state index contributed by atoms with van der Waals surface area (Å²) >= 11 is 12.3. The van der Waals surface area contributed by atoms with Crippen molar-refractivity contribution >= 4 is 52.8 Å². The number of benzene rings is 2. The molecule has 0 aliphatic carbocycles. The fourth-order valence-electron chi connectivity index (χ4n) is 4.45. The number of ether oxygens (including phenoxy) is 1. The normalized spacial score (nSPS) is 14.0. The summed E-state index contributed by atoms with van der Waals surface area (Å²) < 4.78 is 4.89. The van der Waals surface area contributed by atoms with Crippen molar-refractivity contribution in [3.8, 4) is 0 Å². The molecule has 1 saturated heterocycles. The first-order chi connectivity index (χ1) is 20.2. The van der Waals surface area contributed by atoms with Gasteiger partial charge in [-0.25, -0.2) is 14.4 Å². The second kappa shape index (κ2) is 14.0. The Morgan fingerprint density at radius 2 is 1.69 bits per heavy atom. The smallest absolute Gasteiger partial charge is 0.346 e. The Balaban J connectivity index is 1.41. The molecule has 42 heavy (non-hydrogen) atoms. The number of anilines is 1. The molecule has 0 radical (unpaired) electrons. The molecule has 0 bridgehead atoms. The first kappa shape index (κ1) is 30.5. The van der Waals surface area contributed by atoms with E-state index in [2.05, 4.69) is 25.9 Å². The summed E-state index contributed by atoms with van der Waals surface area (Å²) in [6.45, 7) is 0.694. The van der Waals surface area contributed by atoms with Gasteiger partial charge in [0.25, 0.3) is 11.8 Å². The molecule has 0 saturated carbocycles. The van der Waals surface area contributed by atoms with E-state index in [1.807, 2.05) is 6.07 Å². The molecule has 1 aliphatic heterocycles. The number of halogens is 2. The SMILES string of the molecule is COC(=O)C(Cc1c[nH]c(=O)nc1NC(=O)c1c(Cl)cccc1Cl)NC(=O)N1CCC(NC(=O)c2ccccc2)CC1. The van der Waals surface area contributed by atoms with Crippen LogP contribution in [-0.4, -0.2) is 71.0 Å². The zero-order valence-corrected chi connectivity index (χ0v) is 24.0. The highest BCUT2D eigenvalue weighted by molar-refractivity contribution is 6.40. The van der Waals surface area contributed by atoms with Crippen LogP contribution in [-0.2, 0) is 16.0 Å². The van der Waals surface area contributed by atoms with Gasteiger partial charge in [-0.3, -0.25) is 9.59 Å². The predicted molar refractivity (Wildman–Crippen MR) is 156 cm³/mol. The fraction of sp³-hybridized carbons (Fsp3) is 0.286. The highest BCUT2D eigenvalue weighted by Crippen LogP contribution is 2.25. The number of H-pyrrole nitrogens is 1. The number of carbonyl (C=O) groups excluding carboxylic acids is 4. The summed E-state index contributed by atoms with van der Waals surface area (Å²) in [6.07, 6.45) is 2.17. The largest absolute Gasteiger partial charge is 0.467 e. The van der Waals surface area contributed by atoms with Gasteiger partial charge in [0.05, 0.1) is 22.7 Å². The third-order valence-corrected chi connectivity index (χ3v) is 7.30. The second-order valence-corrected chi connectivity index (χ2v) is 10.3. The van der Waals surface area contributed by atoms with Crippen molar-refractivity contribution in [2.45, 2.75) is 31.3 Å². The molecule has 14 heteroatoms. The Kier molecular flexibility index (Phi) is 10.2. The van der Waals surface area contributed by atoms with Crippen molar-refractivity contribution in [1.29, 1.82) is 0 Å². The number of amides is 4. The van der Waals surface area contributed by atoms with Gasteiger partial charge in [0.2, 0.25) is 0 Å². The number of aromatic nitrogens is 2. The lowest BCUT2D eigenvalue weighted by Gasteiger charge is -2.33. The zero-order valence-electron chi connectivity index (χ0n) is 22.5. The first-order valence-corrected chi connectivity index (χ1v) is 13.7.